The number of anilines is 1. The first kappa shape index (κ1) is 14.3. The number of aromatic nitrogens is 2. The van der Waals surface area contributed by atoms with Gasteiger partial charge in [0.25, 0.3) is 5.91 Å². The molecule has 0 fully saturated rings. The van der Waals surface area contributed by atoms with Crippen molar-refractivity contribution in [3.63, 3.8) is 0 Å². The maximum absolute atomic E-state index is 12.4. The summed E-state index contributed by atoms with van der Waals surface area (Å²) in [6, 6.07) is 10.2. The van der Waals surface area contributed by atoms with Gasteiger partial charge in [0.1, 0.15) is 5.75 Å². The minimum Gasteiger partial charge on any atom is -0.495 e. The molecule has 0 saturated heterocycles. The predicted octanol–water partition coefficient (Wildman–Crippen LogP) is 3.54. The van der Waals surface area contributed by atoms with E-state index in [0.717, 1.165) is 5.52 Å². The van der Waals surface area contributed by atoms with Gasteiger partial charge in [-0.1, -0.05) is 11.6 Å². The summed E-state index contributed by atoms with van der Waals surface area (Å²) in [6.45, 7) is 0. The second-order valence-electron chi connectivity index (χ2n) is 4.56. The Hall–Kier alpha value is -2.66. The maximum atomic E-state index is 12.4. The Labute approximate surface area is 131 Å². The molecule has 1 N–H and O–H groups in total. The van der Waals surface area contributed by atoms with E-state index in [2.05, 4.69) is 15.3 Å². The quantitative estimate of drug-likeness (QED) is 0.803. The summed E-state index contributed by atoms with van der Waals surface area (Å²) in [4.78, 5) is 20.7. The molecular weight excluding hydrogens is 302 g/mol. The van der Waals surface area contributed by atoms with Crippen LogP contribution in [0.25, 0.3) is 11.0 Å². The molecule has 0 atom stereocenters. The molecule has 0 saturated carbocycles. The van der Waals surface area contributed by atoms with Crippen LogP contribution in [0.15, 0.2) is 48.8 Å². The van der Waals surface area contributed by atoms with Crippen LogP contribution in [0.1, 0.15) is 10.4 Å². The standard InChI is InChI=1S/C16H12ClN3O2/c1-22-15-5-3-11(17)9-14(15)20-16(21)10-2-4-12-13(8-10)19-7-6-18-12/h2-9H,1H3,(H,20,21). The molecule has 0 aliphatic heterocycles. The summed E-state index contributed by atoms with van der Waals surface area (Å²) < 4.78 is 5.21. The lowest BCUT2D eigenvalue weighted by atomic mass is 10.1. The van der Waals surface area contributed by atoms with Crippen molar-refractivity contribution in [2.24, 2.45) is 0 Å². The lowest BCUT2D eigenvalue weighted by molar-refractivity contribution is 0.102. The first-order valence-electron chi connectivity index (χ1n) is 6.53. The Kier molecular flexibility index (Phi) is 3.89. The van der Waals surface area contributed by atoms with Crippen molar-refractivity contribution >= 4 is 34.2 Å². The highest BCUT2D eigenvalue weighted by Gasteiger charge is 2.11. The molecule has 0 aliphatic carbocycles. The topological polar surface area (TPSA) is 64.1 Å². The van der Waals surface area contributed by atoms with E-state index >= 15 is 0 Å². The van der Waals surface area contributed by atoms with Crippen molar-refractivity contribution in [1.82, 2.24) is 9.97 Å². The zero-order valence-corrected chi connectivity index (χ0v) is 12.5. The van der Waals surface area contributed by atoms with Crippen molar-refractivity contribution in [1.29, 1.82) is 0 Å². The molecule has 0 unspecified atom stereocenters. The summed E-state index contributed by atoms with van der Waals surface area (Å²) in [5.41, 5.74) is 2.39. The van der Waals surface area contributed by atoms with E-state index < -0.39 is 0 Å². The maximum Gasteiger partial charge on any atom is 0.255 e. The molecule has 5 nitrogen and oxygen atoms in total. The van der Waals surface area contributed by atoms with E-state index in [1.54, 1.807) is 48.8 Å². The molecule has 1 heterocycles. The number of amides is 1. The van der Waals surface area contributed by atoms with Crippen molar-refractivity contribution in [3.05, 3.63) is 59.4 Å². The van der Waals surface area contributed by atoms with Gasteiger partial charge in [-0.2, -0.15) is 0 Å². The van der Waals surface area contributed by atoms with E-state index in [1.165, 1.54) is 7.11 Å². The average Bonchev–Trinajstić information content (AvgIpc) is 2.54. The molecule has 1 aromatic heterocycles. The van der Waals surface area contributed by atoms with Gasteiger partial charge >= 0.3 is 0 Å². The number of carbonyl (C=O) groups excluding carboxylic acids is 1. The number of halogens is 1. The molecule has 0 spiro atoms. The second kappa shape index (κ2) is 5.99. The van der Waals surface area contributed by atoms with E-state index in [9.17, 15) is 4.79 Å². The minimum atomic E-state index is -0.270. The van der Waals surface area contributed by atoms with E-state index in [1.807, 2.05) is 0 Å². The van der Waals surface area contributed by atoms with Gasteiger partial charge in [0, 0.05) is 23.0 Å². The molecule has 22 heavy (non-hydrogen) atoms. The van der Waals surface area contributed by atoms with Crippen LogP contribution in [0.2, 0.25) is 5.02 Å². The normalized spacial score (nSPS) is 10.5. The summed E-state index contributed by atoms with van der Waals surface area (Å²) in [6.07, 6.45) is 3.20. The van der Waals surface area contributed by atoms with E-state index in [-0.39, 0.29) is 5.91 Å². The summed E-state index contributed by atoms with van der Waals surface area (Å²) in [7, 11) is 1.53. The zero-order valence-electron chi connectivity index (χ0n) is 11.7. The number of carbonyl (C=O) groups is 1. The Balaban J connectivity index is 1.91. The largest absolute Gasteiger partial charge is 0.495 e. The molecule has 0 radical (unpaired) electrons. The van der Waals surface area contributed by atoms with Crippen LogP contribution < -0.4 is 10.1 Å². The number of fused-ring (bicyclic) bond motifs is 1. The lowest BCUT2D eigenvalue weighted by Crippen LogP contribution is -2.12. The van der Waals surface area contributed by atoms with Crippen LogP contribution in [-0.2, 0) is 0 Å². The molecule has 1 amide bonds. The van der Waals surface area contributed by atoms with E-state index in [0.29, 0.717) is 27.5 Å². The smallest absolute Gasteiger partial charge is 0.255 e. The van der Waals surface area contributed by atoms with E-state index in [4.69, 9.17) is 16.3 Å². The van der Waals surface area contributed by atoms with Gasteiger partial charge in [-0.05, 0) is 36.4 Å². The molecule has 2 aromatic carbocycles. The first-order valence-corrected chi connectivity index (χ1v) is 6.91. The fourth-order valence-electron chi connectivity index (χ4n) is 2.08. The number of hydrogen-bond donors (Lipinski definition) is 1. The molecule has 3 aromatic rings. The van der Waals surface area contributed by atoms with Crippen molar-refractivity contribution < 1.29 is 9.53 Å². The summed E-state index contributed by atoms with van der Waals surface area (Å²) in [5, 5.41) is 3.30. The number of nitrogens with zero attached hydrogens (tertiary/aromatic N) is 2. The van der Waals surface area contributed by atoms with Crippen molar-refractivity contribution in [2.45, 2.75) is 0 Å². The summed E-state index contributed by atoms with van der Waals surface area (Å²) >= 11 is 5.96. The highest BCUT2D eigenvalue weighted by atomic mass is 35.5. The Morgan fingerprint density at radius 1 is 1.09 bits per heavy atom. The zero-order chi connectivity index (χ0) is 15.5. The molecular formula is C16H12ClN3O2. The van der Waals surface area contributed by atoms with Gasteiger partial charge in [-0.25, -0.2) is 0 Å². The number of benzene rings is 2. The van der Waals surface area contributed by atoms with Gasteiger partial charge in [0.05, 0.1) is 23.8 Å². The van der Waals surface area contributed by atoms with Gasteiger partial charge in [-0.3, -0.25) is 14.8 Å². The highest BCUT2D eigenvalue weighted by molar-refractivity contribution is 6.31. The fourth-order valence-corrected chi connectivity index (χ4v) is 2.25. The third-order valence-electron chi connectivity index (χ3n) is 3.14. The van der Waals surface area contributed by atoms with Crippen molar-refractivity contribution in [2.75, 3.05) is 12.4 Å². The third kappa shape index (κ3) is 2.84. The van der Waals surface area contributed by atoms with Crippen molar-refractivity contribution in [3.8, 4) is 5.75 Å². The van der Waals surface area contributed by atoms with Gasteiger partial charge in [0.15, 0.2) is 0 Å². The Morgan fingerprint density at radius 2 is 1.86 bits per heavy atom. The number of methoxy groups -OCH3 is 1. The minimum absolute atomic E-state index is 0.270. The van der Waals surface area contributed by atoms with Crippen LogP contribution in [-0.4, -0.2) is 23.0 Å². The predicted molar refractivity (Wildman–Crippen MR) is 85.5 cm³/mol. The molecule has 0 bridgehead atoms. The van der Waals surface area contributed by atoms with Crippen LogP contribution in [0.5, 0.6) is 5.75 Å². The SMILES string of the molecule is COc1ccc(Cl)cc1NC(=O)c1ccc2nccnc2c1. The Morgan fingerprint density at radius 3 is 2.64 bits per heavy atom. The highest BCUT2D eigenvalue weighted by Crippen LogP contribution is 2.28. The van der Waals surface area contributed by atoms with Gasteiger partial charge in [0.2, 0.25) is 0 Å². The molecule has 0 aliphatic rings. The molecule has 110 valence electrons. The van der Waals surface area contributed by atoms with Gasteiger partial charge < -0.3 is 10.1 Å². The van der Waals surface area contributed by atoms with Gasteiger partial charge in [-0.15, -0.1) is 0 Å². The Bertz CT molecular complexity index is 852. The lowest BCUT2D eigenvalue weighted by Gasteiger charge is -2.10. The average molecular weight is 314 g/mol. The first-order chi connectivity index (χ1) is 10.7. The molecule has 6 heteroatoms. The second-order valence-corrected chi connectivity index (χ2v) is 5.00. The number of nitrogens with one attached hydrogen (secondary N) is 1. The molecule has 3 rings (SSSR count). The summed E-state index contributed by atoms with van der Waals surface area (Å²) in [5.74, 6) is 0.270. The van der Waals surface area contributed by atoms with Crippen LogP contribution in [0.4, 0.5) is 5.69 Å². The van der Waals surface area contributed by atoms with Crippen LogP contribution in [0.3, 0.4) is 0 Å². The fraction of sp³-hybridized carbons (Fsp3) is 0.0625. The number of hydrogen-bond acceptors (Lipinski definition) is 4. The monoisotopic (exact) mass is 313 g/mol. The van der Waals surface area contributed by atoms with Crippen LogP contribution >= 0.6 is 11.6 Å². The number of rotatable bonds is 3. The third-order valence-corrected chi connectivity index (χ3v) is 3.38. The van der Waals surface area contributed by atoms with Crippen LogP contribution in [0, 0.1) is 0 Å². The number of ether oxygens (including phenoxy) is 1.